The molecule has 92 heavy (non-hydrogen) atoms. The van der Waals surface area contributed by atoms with Crippen LogP contribution in [0.1, 0.15) is 26.3 Å². The van der Waals surface area contributed by atoms with Crippen molar-refractivity contribution < 1.29 is 0 Å². The van der Waals surface area contributed by atoms with Gasteiger partial charge in [-0.1, -0.05) is 312 Å². The first-order valence-corrected chi connectivity index (χ1v) is 31.9. The predicted molar refractivity (Wildman–Crippen MR) is 393 cm³/mol. The maximum absolute atomic E-state index is 2.48. The molecule has 0 amide bonds. The normalized spacial score (nSPS) is 11.4. The molecule has 0 aliphatic heterocycles. The fourth-order valence-electron chi connectivity index (χ4n) is 13.5. The summed E-state index contributed by atoms with van der Waals surface area (Å²) in [5.41, 5.74) is 26.4. The van der Waals surface area contributed by atoms with Gasteiger partial charge < -0.3 is 9.80 Å². The second kappa shape index (κ2) is 24.8. The van der Waals surface area contributed by atoms with Gasteiger partial charge in [0.25, 0.3) is 0 Å². The number of hydrogen-bond acceptors (Lipinski definition) is 2. The second-order valence-corrected chi connectivity index (χ2v) is 24.8. The maximum Gasteiger partial charge on any atom is 0.0540 e. The Hall–Kier alpha value is -11.6. The van der Waals surface area contributed by atoms with Crippen LogP contribution in [0.15, 0.2) is 358 Å². The van der Waals surface area contributed by atoms with Crippen molar-refractivity contribution in [2.24, 2.45) is 0 Å². The van der Waals surface area contributed by atoms with Crippen molar-refractivity contribution in [3.63, 3.8) is 0 Å². The zero-order valence-electron chi connectivity index (χ0n) is 52.0. The fourth-order valence-corrected chi connectivity index (χ4v) is 13.5. The summed E-state index contributed by atoms with van der Waals surface area (Å²) in [7, 11) is 0. The summed E-state index contributed by atoms with van der Waals surface area (Å²) in [4.78, 5) is 4.91. The average Bonchev–Trinajstić information content (AvgIpc) is 0.772. The quantitative estimate of drug-likeness (QED) is 0.107. The van der Waals surface area contributed by atoms with E-state index in [4.69, 9.17) is 0 Å². The Morgan fingerprint density at radius 1 is 0.196 bits per heavy atom. The molecule has 0 aliphatic carbocycles. The number of benzene rings is 15. The molecule has 15 aromatic carbocycles. The highest BCUT2D eigenvalue weighted by molar-refractivity contribution is 6.11. The number of nitrogens with zero attached hydrogens (tertiary/aromatic N) is 2. The van der Waals surface area contributed by atoms with Crippen molar-refractivity contribution in [2.45, 2.75) is 26.2 Å². The predicted octanol–water partition coefficient (Wildman–Crippen LogP) is 25.6. The van der Waals surface area contributed by atoms with Gasteiger partial charge in [0.1, 0.15) is 0 Å². The van der Waals surface area contributed by atoms with E-state index in [1.807, 2.05) is 0 Å². The van der Waals surface area contributed by atoms with Crippen molar-refractivity contribution in [3.8, 4) is 89.0 Å². The van der Waals surface area contributed by atoms with Crippen LogP contribution in [0.4, 0.5) is 34.1 Å². The molecule has 2 heteroatoms. The Morgan fingerprint density at radius 2 is 0.511 bits per heavy atom. The lowest BCUT2D eigenvalue weighted by molar-refractivity contribution is 0.590. The molecule has 0 radical (unpaired) electrons. The minimum Gasteiger partial charge on any atom is -0.310 e. The number of anilines is 6. The van der Waals surface area contributed by atoms with E-state index in [1.54, 1.807) is 0 Å². The van der Waals surface area contributed by atoms with Crippen molar-refractivity contribution in [1.29, 1.82) is 0 Å². The van der Waals surface area contributed by atoms with E-state index in [1.165, 1.54) is 77.2 Å². The SMILES string of the molecule is CC(C)(C)c1ccc(N(c2ccc(-c3ccccc3)cc2)c2ccccc2-c2cccc3cccc(-c4cccc(-c5ccc(N(c6ccc(-c7ccccc7)cc6)c6ccccc6-c6cccc7cccc(-c8ccccc8)c67)c(-c6ccccc6)c5)c4)c23)cc1. The first kappa shape index (κ1) is 56.9. The highest BCUT2D eigenvalue weighted by atomic mass is 15.2. The van der Waals surface area contributed by atoms with Crippen LogP contribution in [-0.2, 0) is 5.41 Å². The first-order chi connectivity index (χ1) is 45.3. The van der Waals surface area contributed by atoms with Crippen LogP contribution in [0.25, 0.3) is 111 Å². The largest absolute Gasteiger partial charge is 0.310 e. The maximum atomic E-state index is 2.48. The van der Waals surface area contributed by atoms with E-state index in [0.29, 0.717) is 0 Å². The second-order valence-electron chi connectivity index (χ2n) is 24.8. The molecule has 0 aromatic heterocycles. The Bertz CT molecular complexity index is 5080. The van der Waals surface area contributed by atoms with Crippen LogP contribution in [0.3, 0.4) is 0 Å². The van der Waals surface area contributed by atoms with Crippen molar-refractivity contribution in [2.75, 3.05) is 9.80 Å². The standard InChI is InChI=1S/C90H68N2/c1-90(2,3)74-52-58-76(59-53-74)91(75-54-47-65(48-55-75)63-25-8-4-9-26-63)85-45-18-16-39-80(85)82-43-24-36-70-34-22-42-79(89(70)82)73-38-20-37-71(61-73)72-51-60-87(84(62-72)68-31-14-7-15-32-68)92(77-56-49-66(50-57-77)64-27-10-5-11-28-64)86-46-19-17-40-81(86)83-44-23-35-69-33-21-41-78(88(69)83)67-29-12-6-13-30-67/h4-62H,1-3H3. The van der Waals surface area contributed by atoms with E-state index in [0.717, 1.165) is 73.1 Å². The Kier molecular flexibility index (Phi) is 15.3. The van der Waals surface area contributed by atoms with Crippen LogP contribution in [0, 0.1) is 0 Å². The van der Waals surface area contributed by atoms with Gasteiger partial charge in [-0.05, 0) is 172 Å². The molecule has 0 heterocycles. The number of hydrogen-bond donors (Lipinski definition) is 0. The lowest BCUT2D eigenvalue weighted by Gasteiger charge is -2.31. The van der Waals surface area contributed by atoms with Gasteiger partial charge >= 0.3 is 0 Å². The Balaban J connectivity index is 0.871. The van der Waals surface area contributed by atoms with Crippen molar-refractivity contribution >= 4 is 55.7 Å². The highest BCUT2D eigenvalue weighted by Crippen LogP contribution is 2.50. The Morgan fingerprint density at radius 3 is 1.00 bits per heavy atom. The van der Waals surface area contributed by atoms with Crippen LogP contribution in [0.2, 0.25) is 0 Å². The minimum atomic E-state index is 0.0151. The third kappa shape index (κ3) is 11.1. The zero-order valence-corrected chi connectivity index (χ0v) is 52.0. The third-order valence-corrected chi connectivity index (χ3v) is 18.1. The zero-order chi connectivity index (χ0) is 62.0. The van der Waals surface area contributed by atoms with Gasteiger partial charge in [0.05, 0.1) is 17.1 Å². The smallest absolute Gasteiger partial charge is 0.0540 e. The average molecular weight is 1180 g/mol. The summed E-state index contributed by atoms with van der Waals surface area (Å²) >= 11 is 0. The summed E-state index contributed by atoms with van der Waals surface area (Å²) in [5.74, 6) is 0. The van der Waals surface area contributed by atoms with E-state index in [2.05, 4.69) is 388 Å². The van der Waals surface area contributed by atoms with Crippen LogP contribution in [-0.4, -0.2) is 0 Å². The summed E-state index contributed by atoms with van der Waals surface area (Å²) in [6.07, 6.45) is 0. The molecule has 0 unspecified atom stereocenters. The molecule has 0 bridgehead atoms. The van der Waals surface area contributed by atoms with E-state index < -0.39 is 0 Å². The molecule has 0 atom stereocenters. The molecular weight excluding hydrogens is 1110 g/mol. The number of rotatable bonds is 14. The van der Waals surface area contributed by atoms with Gasteiger partial charge in [-0.3, -0.25) is 0 Å². The lowest BCUT2D eigenvalue weighted by atomic mass is 9.87. The molecule has 0 N–H and O–H groups in total. The molecule has 0 aliphatic rings. The van der Waals surface area contributed by atoms with Crippen LogP contribution >= 0.6 is 0 Å². The molecule has 0 spiro atoms. The van der Waals surface area contributed by atoms with E-state index in [-0.39, 0.29) is 5.41 Å². The molecule has 0 fully saturated rings. The summed E-state index contributed by atoms with van der Waals surface area (Å²) < 4.78 is 0. The molecule has 438 valence electrons. The van der Waals surface area contributed by atoms with Gasteiger partial charge in [0.2, 0.25) is 0 Å². The highest BCUT2D eigenvalue weighted by Gasteiger charge is 2.25. The summed E-state index contributed by atoms with van der Waals surface area (Å²) in [6, 6.07) is 131. The van der Waals surface area contributed by atoms with Gasteiger partial charge in [-0.2, -0.15) is 0 Å². The van der Waals surface area contributed by atoms with E-state index in [9.17, 15) is 0 Å². The molecule has 0 saturated carbocycles. The van der Waals surface area contributed by atoms with E-state index >= 15 is 0 Å². The molecule has 0 saturated heterocycles. The third-order valence-electron chi connectivity index (χ3n) is 18.1. The Labute approximate surface area is 540 Å². The molecular formula is C90H68N2. The molecule has 15 rings (SSSR count). The first-order valence-electron chi connectivity index (χ1n) is 31.9. The molecule has 15 aromatic rings. The summed E-state index contributed by atoms with van der Waals surface area (Å²) in [6.45, 7) is 6.83. The fraction of sp³-hybridized carbons (Fsp3) is 0.0444. The van der Waals surface area contributed by atoms with Gasteiger partial charge in [-0.15, -0.1) is 0 Å². The topological polar surface area (TPSA) is 6.48 Å². The van der Waals surface area contributed by atoms with Crippen LogP contribution < -0.4 is 9.80 Å². The van der Waals surface area contributed by atoms with Crippen molar-refractivity contribution in [1.82, 2.24) is 0 Å². The van der Waals surface area contributed by atoms with Gasteiger partial charge in [-0.25, -0.2) is 0 Å². The van der Waals surface area contributed by atoms with Crippen molar-refractivity contribution in [3.05, 3.63) is 363 Å². The lowest BCUT2D eigenvalue weighted by Crippen LogP contribution is -2.13. The molecule has 2 nitrogen and oxygen atoms in total. The number of para-hydroxylation sites is 2. The summed E-state index contributed by atoms with van der Waals surface area (Å²) in [5, 5.41) is 4.81. The van der Waals surface area contributed by atoms with Gasteiger partial charge in [0.15, 0.2) is 0 Å². The van der Waals surface area contributed by atoms with Crippen LogP contribution in [0.5, 0.6) is 0 Å². The monoisotopic (exact) mass is 1180 g/mol. The minimum absolute atomic E-state index is 0.0151. The number of fused-ring (bicyclic) bond motifs is 2. The van der Waals surface area contributed by atoms with Gasteiger partial charge in [0, 0.05) is 33.8 Å².